The number of piperazine rings is 1. The topological polar surface area (TPSA) is 160 Å². The van der Waals surface area contributed by atoms with E-state index in [0.717, 1.165) is 21.9 Å². The number of aromatic hydroxyl groups is 1. The number of carbonyl (C=O) groups is 2. The maximum absolute atomic E-state index is 14.3. The number of thioether (sulfide) groups is 1. The number of hydrogen-bond acceptors (Lipinski definition) is 11. The number of hydrogen-bond donors (Lipinski definition) is 2. The summed E-state index contributed by atoms with van der Waals surface area (Å²) in [5.74, 6) is -0.239. The highest BCUT2D eigenvalue weighted by Gasteiger charge is 2.32. The highest BCUT2D eigenvalue weighted by molar-refractivity contribution is 8.00. The number of rotatable bonds is 8. The number of halogens is 4. The molecule has 14 nitrogen and oxygen atoms in total. The van der Waals surface area contributed by atoms with Crippen LogP contribution in [0.3, 0.4) is 0 Å². The van der Waals surface area contributed by atoms with Gasteiger partial charge in [-0.05, 0) is 67.1 Å². The van der Waals surface area contributed by atoms with Crippen LogP contribution in [0.5, 0.6) is 11.5 Å². The zero-order valence-corrected chi connectivity index (χ0v) is 29.8. The van der Waals surface area contributed by atoms with E-state index in [1.165, 1.54) is 23.4 Å². The van der Waals surface area contributed by atoms with Crippen molar-refractivity contribution in [2.45, 2.75) is 43.6 Å². The molecule has 0 unspecified atom stereocenters. The van der Waals surface area contributed by atoms with Gasteiger partial charge >= 0.3 is 5.51 Å². The molecule has 2 aliphatic rings. The number of ether oxygens (including phenoxy) is 1. The zero-order chi connectivity index (χ0) is 37.6. The molecule has 0 saturated carbocycles. The van der Waals surface area contributed by atoms with Crippen LogP contribution in [0.25, 0.3) is 17.2 Å². The zero-order valence-electron chi connectivity index (χ0n) is 28.3. The predicted molar refractivity (Wildman–Crippen MR) is 190 cm³/mol. The lowest BCUT2D eigenvalue weighted by atomic mass is 10.1. The van der Waals surface area contributed by atoms with Gasteiger partial charge in [-0.25, -0.2) is 9.97 Å². The Morgan fingerprint density at radius 3 is 2.58 bits per heavy atom. The van der Waals surface area contributed by atoms with Crippen LogP contribution in [0.15, 0.2) is 52.4 Å². The SMILES string of the molecule is CCc1c(N2CCN(C(=O)c3ncnc(C)c3O)CC2)c(=O)n2nc(-c3ccc4c(c3)CCO4)nc2n1CC(=O)Nc1ccc(SC(F)(F)F)cc1Cl. The molecule has 276 valence electrons. The molecule has 1 saturated heterocycles. The lowest BCUT2D eigenvalue weighted by Crippen LogP contribution is -2.51. The third-order valence-corrected chi connectivity index (χ3v) is 9.98. The molecule has 2 aliphatic heterocycles. The fourth-order valence-corrected chi connectivity index (χ4v) is 7.28. The molecule has 2 amide bonds. The van der Waals surface area contributed by atoms with Crippen LogP contribution in [0.4, 0.5) is 24.5 Å². The summed E-state index contributed by atoms with van der Waals surface area (Å²) < 4.78 is 47.1. The van der Waals surface area contributed by atoms with Crippen LogP contribution >= 0.6 is 23.4 Å². The number of nitrogens with zero attached hydrogens (tertiary/aromatic N) is 8. The van der Waals surface area contributed by atoms with Gasteiger partial charge in [-0.1, -0.05) is 18.5 Å². The van der Waals surface area contributed by atoms with Crippen LogP contribution in [0, 0.1) is 6.92 Å². The molecule has 53 heavy (non-hydrogen) atoms. The Hall–Kier alpha value is -5.36. The number of benzene rings is 2. The van der Waals surface area contributed by atoms with Gasteiger partial charge in [0.1, 0.15) is 24.3 Å². The molecule has 2 N–H and O–H groups in total. The number of fused-ring (bicyclic) bond motifs is 2. The second-order valence-corrected chi connectivity index (χ2v) is 13.8. The molecular formula is C34H31ClF3N9O5S. The van der Waals surface area contributed by atoms with Crippen molar-refractivity contribution >= 4 is 52.3 Å². The van der Waals surface area contributed by atoms with Crippen LogP contribution in [-0.2, 0) is 24.2 Å². The molecule has 0 radical (unpaired) electrons. The van der Waals surface area contributed by atoms with Crippen molar-refractivity contribution < 1.29 is 32.6 Å². The number of nitrogens with one attached hydrogen (secondary N) is 1. The van der Waals surface area contributed by atoms with Crippen molar-refractivity contribution in [3.05, 3.63) is 80.7 Å². The van der Waals surface area contributed by atoms with E-state index in [1.807, 2.05) is 24.0 Å². The number of aromatic nitrogens is 6. The highest BCUT2D eigenvalue weighted by Crippen LogP contribution is 2.39. The Kier molecular flexibility index (Phi) is 9.67. The molecule has 5 aromatic rings. The Balaban J connectivity index is 1.24. The van der Waals surface area contributed by atoms with Crippen LogP contribution < -0.4 is 20.5 Å². The minimum absolute atomic E-state index is 0.0859. The molecule has 0 bridgehead atoms. The normalized spacial score (nSPS) is 14.4. The van der Waals surface area contributed by atoms with E-state index in [9.17, 15) is 32.7 Å². The maximum atomic E-state index is 14.3. The number of aryl methyl sites for hydroxylation is 1. The minimum atomic E-state index is -4.51. The van der Waals surface area contributed by atoms with E-state index in [-0.39, 0.29) is 94.5 Å². The van der Waals surface area contributed by atoms with E-state index in [4.69, 9.17) is 21.3 Å². The molecule has 0 atom stereocenters. The highest BCUT2D eigenvalue weighted by atomic mass is 35.5. The van der Waals surface area contributed by atoms with E-state index in [0.29, 0.717) is 30.7 Å². The Labute approximate surface area is 308 Å². The summed E-state index contributed by atoms with van der Waals surface area (Å²) in [7, 11) is 0. The van der Waals surface area contributed by atoms with Gasteiger partial charge < -0.3 is 29.5 Å². The third kappa shape index (κ3) is 7.20. The van der Waals surface area contributed by atoms with Gasteiger partial charge in [-0.3, -0.25) is 14.4 Å². The van der Waals surface area contributed by atoms with E-state index in [2.05, 4.69) is 20.4 Å². The number of amides is 2. The molecule has 0 aliphatic carbocycles. The van der Waals surface area contributed by atoms with Crippen LogP contribution in [0.2, 0.25) is 5.02 Å². The average Bonchev–Trinajstić information content (AvgIpc) is 3.79. The van der Waals surface area contributed by atoms with E-state index >= 15 is 0 Å². The largest absolute Gasteiger partial charge is 0.504 e. The van der Waals surface area contributed by atoms with Gasteiger partial charge in [0.25, 0.3) is 11.5 Å². The molecule has 19 heteroatoms. The standard InChI is InChI=1S/C34H31ClF3N9O5S/c1-3-24-28(44-9-11-45(12-10-44)31(50)27-29(49)18(2)39-17-40-27)32(51)47-33(42-30(43-47)20-4-7-25-19(14-20)8-13-52-25)46(24)16-26(48)41-23-6-5-21(15-22(23)35)53-34(36,37)38/h4-7,14-15,17,49H,3,8-13,16H2,1-2H3,(H,41,48). The van der Waals surface area contributed by atoms with Gasteiger partial charge in [0.2, 0.25) is 11.7 Å². The summed E-state index contributed by atoms with van der Waals surface area (Å²) in [6.07, 6.45) is 2.21. The average molecular weight is 770 g/mol. The van der Waals surface area contributed by atoms with Gasteiger partial charge in [-0.15, -0.1) is 5.10 Å². The lowest BCUT2D eigenvalue weighted by Gasteiger charge is -2.36. The quantitative estimate of drug-likeness (QED) is 0.210. The van der Waals surface area contributed by atoms with Gasteiger partial charge in [0.05, 0.1) is 28.7 Å². The molecule has 7 rings (SSSR count). The molecule has 2 aromatic carbocycles. The van der Waals surface area contributed by atoms with Gasteiger partial charge in [0.15, 0.2) is 17.3 Å². The summed E-state index contributed by atoms with van der Waals surface area (Å²) in [6, 6.07) is 9.12. The summed E-state index contributed by atoms with van der Waals surface area (Å²) >= 11 is 5.95. The number of anilines is 2. The third-order valence-electron chi connectivity index (χ3n) is 8.95. The predicted octanol–water partition coefficient (Wildman–Crippen LogP) is 4.73. The minimum Gasteiger partial charge on any atom is -0.504 e. The lowest BCUT2D eigenvalue weighted by molar-refractivity contribution is -0.116. The van der Waals surface area contributed by atoms with E-state index < -0.39 is 22.9 Å². The monoisotopic (exact) mass is 769 g/mol. The Morgan fingerprint density at radius 2 is 1.87 bits per heavy atom. The molecule has 0 spiro atoms. The number of alkyl halides is 3. The number of carbonyl (C=O) groups excluding carboxylic acids is 2. The molecule has 1 fully saturated rings. The summed E-state index contributed by atoms with van der Waals surface area (Å²) in [5.41, 5.74) is -2.36. The summed E-state index contributed by atoms with van der Waals surface area (Å²) in [5, 5.41) is 17.6. The molecular weight excluding hydrogens is 739 g/mol. The maximum Gasteiger partial charge on any atom is 0.446 e. The summed E-state index contributed by atoms with van der Waals surface area (Å²) in [4.78, 5) is 57.0. The first kappa shape index (κ1) is 36.0. The Bertz CT molecular complexity index is 2330. The van der Waals surface area contributed by atoms with Gasteiger partial charge in [-0.2, -0.15) is 22.7 Å². The van der Waals surface area contributed by atoms with Crippen molar-refractivity contribution in [2.24, 2.45) is 0 Å². The van der Waals surface area contributed by atoms with E-state index in [1.54, 1.807) is 17.6 Å². The fraction of sp³-hybridized carbons (Fsp3) is 0.324. The first-order valence-corrected chi connectivity index (χ1v) is 17.7. The first-order chi connectivity index (χ1) is 25.3. The van der Waals surface area contributed by atoms with Crippen molar-refractivity contribution in [1.29, 1.82) is 0 Å². The summed E-state index contributed by atoms with van der Waals surface area (Å²) in [6.45, 7) is 4.46. The van der Waals surface area contributed by atoms with Crippen molar-refractivity contribution in [3.8, 4) is 22.9 Å². The Morgan fingerprint density at radius 1 is 1.09 bits per heavy atom. The van der Waals surface area contributed by atoms with Crippen LogP contribution in [0.1, 0.15) is 34.4 Å². The van der Waals surface area contributed by atoms with Crippen LogP contribution in [-0.4, -0.2) is 89.2 Å². The second-order valence-electron chi connectivity index (χ2n) is 12.3. The van der Waals surface area contributed by atoms with Crippen molar-refractivity contribution in [3.63, 3.8) is 0 Å². The molecule has 3 aromatic heterocycles. The fourth-order valence-electron chi connectivity index (χ4n) is 6.41. The van der Waals surface area contributed by atoms with Crippen molar-refractivity contribution in [2.75, 3.05) is 43.0 Å². The van der Waals surface area contributed by atoms with Crippen molar-refractivity contribution in [1.82, 2.24) is 34.0 Å². The first-order valence-electron chi connectivity index (χ1n) is 16.5. The molecule has 5 heterocycles. The smallest absolute Gasteiger partial charge is 0.446 e. The second kappa shape index (κ2) is 14.2. The van der Waals surface area contributed by atoms with Gasteiger partial charge in [0, 0.05) is 43.1 Å².